The number of fused-ring (bicyclic) bond motifs is 3. The molecule has 2 aromatic rings. The summed E-state index contributed by atoms with van der Waals surface area (Å²) in [4.78, 5) is 25.4. The quantitative estimate of drug-likeness (QED) is 0.620. The Labute approximate surface area is 147 Å². The molecule has 0 aliphatic carbocycles. The fourth-order valence-electron chi connectivity index (χ4n) is 3.10. The standard InChI is InChI=1S/C17H12ClN3O4/c1-20-15-12(3-2-4-13(15)21(23)24)19-8-11-16(22)10-7-9(18)5-6-14(10)25-17(11)20/h2-8,17,19H,1H3. The Morgan fingerprint density at radius 3 is 2.88 bits per heavy atom. The molecular weight excluding hydrogens is 346 g/mol. The van der Waals surface area contributed by atoms with E-state index < -0.39 is 11.2 Å². The predicted octanol–water partition coefficient (Wildman–Crippen LogP) is 3.60. The molecule has 2 aliphatic rings. The lowest BCUT2D eigenvalue weighted by molar-refractivity contribution is -0.384. The number of ether oxygens (including phenoxy) is 1. The monoisotopic (exact) mass is 357 g/mol. The minimum atomic E-state index is -0.781. The highest BCUT2D eigenvalue weighted by Gasteiger charge is 2.39. The largest absolute Gasteiger partial charge is 0.465 e. The van der Waals surface area contributed by atoms with Gasteiger partial charge in [-0.2, -0.15) is 0 Å². The molecule has 1 unspecified atom stereocenters. The Morgan fingerprint density at radius 2 is 2.12 bits per heavy atom. The van der Waals surface area contributed by atoms with Gasteiger partial charge in [-0.1, -0.05) is 17.7 Å². The van der Waals surface area contributed by atoms with Gasteiger partial charge in [0, 0.05) is 24.3 Å². The van der Waals surface area contributed by atoms with E-state index in [2.05, 4.69) is 5.32 Å². The third-order valence-corrected chi connectivity index (χ3v) is 4.49. The highest BCUT2D eigenvalue weighted by atomic mass is 35.5. The number of hydrogen-bond acceptors (Lipinski definition) is 6. The van der Waals surface area contributed by atoms with Crippen LogP contribution in [0.5, 0.6) is 5.75 Å². The number of carbonyl (C=O) groups is 1. The first-order valence-electron chi connectivity index (χ1n) is 7.45. The van der Waals surface area contributed by atoms with Gasteiger partial charge in [-0.25, -0.2) is 0 Å². The van der Waals surface area contributed by atoms with Crippen molar-refractivity contribution in [3.8, 4) is 5.75 Å². The van der Waals surface area contributed by atoms with E-state index in [1.807, 2.05) is 0 Å². The molecule has 126 valence electrons. The second-order valence-electron chi connectivity index (χ2n) is 5.73. The molecule has 7 nitrogen and oxygen atoms in total. The Kier molecular flexibility index (Phi) is 3.40. The van der Waals surface area contributed by atoms with Crippen molar-refractivity contribution in [1.82, 2.24) is 0 Å². The normalized spacial score (nSPS) is 18.0. The van der Waals surface area contributed by atoms with Crippen LogP contribution in [-0.4, -0.2) is 24.0 Å². The molecule has 0 bridgehead atoms. The molecule has 0 saturated heterocycles. The van der Waals surface area contributed by atoms with Crippen LogP contribution >= 0.6 is 11.6 Å². The predicted molar refractivity (Wildman–Crippen MR) is 93.4 cm³/mol. The molecule has 1 atom stereocenters. The summed E-state index contributed by atoms with van der Waals surface area (Å²) in [5.41, 5.74) is 1.53. The number of hydrogen-bond donors (Lipinski definition) is 1. The lowest BCUT2D eigenvalue weighted by atomic mass is 9.98. The van der Waals surface area contributed by atoms with E-state index in [0.717, 1.165) is 0 Å². The highest BCUT2D eigenvalue weighted by Crippen LogP contribution is 2.42. The maximum Gasteiger partial charge on any atom is 0.294 e. The minimum Gasteiger partial charge on any atom is -0.465 e. The second-order valence-corrected chi connectivity index (χ2v) is 6.16. The number of ketones is 1. The topological polar surface area (TPSA) is 84.7 Å². The third-order valence-electron chi connectivity index (χ3n) is 4.25. The first kappa shape index (κ1) is 15.5. The van der Waals surface area contributed by atoms with Crippen molar-refractivity contribution in [2.75, 3.05) is 17.3 Å². The van der Waals surface area contributed by atoms with Crippen LogP contribution in [0.25, 0.3) is 0 Å². The molecule has 8 heteroatoms. The maximum atomic E-state index is 12.9. The van der Waals surface area contributed by atoms with Crippen LogP contribution in [0.2, 0.25) is 5.02 Å². The summed E-state index contributed by atoms with van der Waals surface area (Å²) in [7, 11) is 1.66. The van der Waals surface area contributed by atoms with E-state index in [1.165, 1.54) is 12.3 Å². The minimum absolute atomic E-state index is 0.0693. The van der Waals surface area contributed by atoms with Gasteiger partial charge in [0.1, 0.15) is 11.4 Å². The van der Waals surface area contributed by atoms with E-state index in [0.29, 0.717) is 33.3 Å². The Bertz CT molecular complexity index is 957. The second kappa shape index (κ2) is 5.49. The molecule has 0 fully saturated rings. The van der Waals surface area contributed by atoms with Crippen molar-refractivity contribution in [2.24, 2.45) is 0 Å². The lowest BCUT2D eigenvalue weighted by Gasteiger charge is -2.33. The van der Waals surface area contributed by atoms with Gasteiger partial charge in [-0.3, -0.25) is 14.9 Å². The van der Waals surface area contributed by atoms with Crippen LogP contribution in [-0.2, 0) is 0 Å². The van der Waals surface area contributed by atoms with E-state index >= 15 is 0 Å². The number of rotatable bonds is 1. The van der Waals surface area contributed by atoms with Crippen LogP contribution < -0.4 is 15.0 Å². The summed E-state index contributed by atoms with van der Waals surface area (Å²) in [6.45, 7) is 0. The van der Waals surface area contributed by atoms with Crippen molar-refractivity contribution in [3.05, 3.63) is 68.9 Å². The SMILES string of the molecule is CN1c2c(cccc2[N+](=O)[O-])NC=C2C(=O)c3cc(Cl)ccc3OC21. The maximum absolute atomic E-state index is 12.9. The zero-order chi connectivity index (χ0) is 17.7. The van der Waals surface area contributed by atoms with Crippen LogP contribution in [0.3, 0.4) is 0 Å². The van der Waals surface area contributed by atoms with E-state index in [-0.39, 0.29) is 11.5 Å². The van der Waals surface area contributed by atoms with Gasteiger partial charge >= 0.3 is 0 Å². The first-order chi connectivity index (χ1) is 12.0. The van der Waals surface area contributed by atoms with Gasteiger partial charge in [0.05, 0.1) is 21.7 Å². The number of carbonyl (C=O) groups excluding carboxylic acids is 1. The fraction of sp³-hybridized carbons (Fsp3) is 0.118. The number of Topliss-reactive ketones (excluding diaryl/α,β-unsaturated/α-hetero) is 1. The molecule has 2 aliphatic heterocycles. The highest BCUT2D eigenvalue weighted by molar-refractivity contribution is 6.31. The number of nitro benzene ring substituents is 1. The van der Waals surface area contributed by atoms with Gasteiger partial charge in [0.2, 0.25) is 6.23 Å². The number of anilines is 2. The van der Waals surface area contributed by atoms with E-state index in [4.69, 9.17) is 16.3 Å². The van der Waals surface area contributed by atoms with Crippen LogP contribution in [0.1, 0.15) is 10.4 Å². The number of para-hydroxylation sites is 1. The van der Waals surface area contributed by atoms with Gasteiger partial charge in [0.25, 0.3) is 5.69 Å². The average molecular weight is 358 g/mol. The summed E-state index contributed by atoms with van der Waals surface area (Å²) in [6, 6.07) is 9.52. The summed E-state index contributed by atoms with van der Waals surface area (Å²) in [5.74, 6) is 0.161. The Balaban J connectivity index is 1.87. The molecule has 1 N–H and O–H groups in total. The molecule has 25 heavy (non-hydrogen) atoms. The van der Waals surface area contributed by atoms with E-state index in [9.17, 15) is 14.9 Å². The molecule has 0 amide bonds. The third kappa shape index (κ3) is 2.32. The summed E-state index contributed by atoms with van der Waals surface area (Å²) < 4.78 is 5.96. The lowest BCUT2D eigenvalue weighted by Crippen LogP contribution is -2.43. The van der Waals surface area contributed by atoms with Gasteiger partial charge < -0.3 is 15.0 Å². The van der Waals surface area contributed by atoms with Crippen molar-refractivity contribution in [1.29, 1.82) is 0 Å². The van der Waals surface area contributed by atoms with Gasteiger partial charge in [0.15, 0.2) is 5.78 Å². The van der Waals surface area contributed by atoms with Crippen molar-refractivity contribution in [3.63, 3.8) is 0 Å². The van der Waals surface area contributed by atoms with Gasteiger partial charge in [-0.15, -0.1) is 0 Å². The molecule has 0 aromatic heterocycles. The number of nitro groups is 1. The van der Waals surface area contributed by atoms with Crippen molar-refractivity contribution in [2.45, 2.75) is 6.23 Å². The average Bonchev–Trinajstić information content (AvgIpc) is 2.73. The number of halogens is 1. The molecule has 2 aromatic carbocycles. The summed E-state index contributed by atoms with van der Waals surface area (Å²) in [6.07, 6.45) is 0.749. The van der Waals surface area contributed by atoms with Gasteiger partial charge in [-0.05, 0) is 24.3 Å². The number of nitrogens with one attached hydrogen (secondary N) is 1. The molecule has 4 rings (SSSR count). The Hall–Kier alpha value is -3.06. The first-order valence-corrected chi connectivity index (χ1v) is 7.83. The number of nitrogens with zero attached hydrogens (tertiary/aromatic N) is 2. The summed E-state index contributed by atoms with van der Waals surface area (Å²) >= 11 is 5.98. The smallest absolute Gasteiger partial charge is 0.294 e. The molecule has 0 radical (unpaired) electrons. The van der Waals surface area contributed by atoms with Crippen LogP contribution in [0.15, 0.2) is 48.2 Å². The zero-order valence-electron chi connectivity index (χ0n) is 13.0. The molecular formula is C17H12ClN3O4. The number of benzene rings is 2. The Morgan fingerprint density at radius 1 is 1.32 bits per heavy atom. The van der Waals surface area contributed by atoms with E-state index in [1.54, 1.807) is 42.3 Å². The van der Waals surface area contributed by atoms with Crippen molar-refractivity contribution < 1.29 is 14.5 Å². The molecule has 2 heterocycles. The molecule has 0 spiro atoms. The van der Waals surface area contributed by atoms with Crippen LogP contribution in [0, 0.1) is 10.1 Å². The molecule has 0 saturated carbocycles. The number of likely N-dealkylation sites (N-methyl/N-ethyl adjacent to an activating group) is 1. The van der Waals surface area contributed by atoms with Crippen molar-refractivity contribution >= 4 is 34.4 Å². The summed E-state index contributed by atoms with van der Waals surface area (Å²) in [5, 5.41) is 14.8. The van der Waals surface area contributed by atoms with Crippen LogP contribution in [0.4, 0.5) is 17.1 Å². The fourth-order valence-corrected chi connectivity index (χ4v) is 3.27. The zero-order valence-corrected chi connectivity index (χ0v) is 13.8.